The van der Waals surface area contributed by atoms with Crippen LogP contribution in [0.2, 0.25) is 5.02 Å². The molecule has 1 aromatic heterocycles. The van der Waals surface area contributed by atoms with Gasteiger partial charge in [-0.3, -0.25) is 4.79 Å². The molecule has 0 saturated carbocycles. The number of carbonyl (C=O) groups is 1. The van der Waals surface area contributed by atoms with E-state index in [9.17, 15) is 14.3 Å². The average molecular weight is 349 g/mol. The van der Waals surface area contributed by atoms with Gasteiger partial charge < -0.3 is 14.9 Å². The summed E-state index contributed by atoms with van der Waals surface area (Å²) in [6.07, 6.45) is -0.0103. The van der Waals surface area contributed by atoms with Crippen molar-refractivity contribution in [3.63, 3.8) is 0 Å². The first-order chi connectivity index (χ1) is 11.6. The van der Waals surface area contributed by atoms with E-state index in [1.54, 1.807) is 12.1 Å². The minimum absolute atomic E-state index is 0.0103. The second kappa shape index (κ2) is 6.98. The van der Waals surface area contributed by atoms with Gasteiger partial charge in [0.25, 0.3) is 0 Å². The standard InChI is InChI=1S/C17H14ClFN2O3/c18-12-6-5-10(7-13(12)19)15(9-22)20-17(23)8-14-11-3-1-2-4-16(11)24-21-14/h1-7,15,22H,8-9H2,(H,20,23). The Morgan fingerprint density at radius 1 is 1.33 bits per heavy atom. The van der Waals surface area contributed by atoms with Crippen molar-refractivity contribution in [2.45, 2.75) is 12.5 Å². The van der Waals surface area contributed by atoms with E-state index in [2.05, 4.69) is 10.5 Å². The number of aliphatic hydroxyl groups excluding tert-OH is 1. The van der Waals surface area contributed by atoms with Gasteiger partial charge in [0.1, 0.15) is 11.5 Å². The number of rotatable bonds is 5. The van der Waals surface area contributed by atoms with E-state index in [4.69, 9.17) is 16.1 Å². The second-order valence-corrected chi connectivity index (χ2v) is 5.69. The topological polar surface area (TPSA) is 75.4 Å². The lowest BCUT2D eigenvalue weighted by molar-refractivity contribution is -0.121. The van der Waals surface area contributed by atoms with Gasteiger partial charge in [-0.2, -0.15) is 0 Å². The second-order valence-electron chi connectivity index (χ2n) is 5.28. The fraction of sp³-hybridized carbons (Fsp3) is 0.176. The monoisotopic (exact) mass is 348 g/mol. The van der Waals surface area contributed by atoms with Crippen molar-refractivity contribution < 1.29 is 18.8 Å². The van der Waals surface area contributed by atoms with Gasteiger partial charge in [0, 0.05) is 5.39 Å². The molecule has 3 rings (SSSR count). The summed E-state index contributed by atoms with van der Waals surface area (Å²) in [5, 5.41) is 16.8. The number of hydrogen-bond donors (Lipinski definition) is 2. The predicted octanol–water partition coefficient (Wildman–Crippen LogP) is 3.01. The Bertz CT molecular complexity index is 881. The maximum Gasteiger partial charge on any atom is 0.226 e. The number of halogens is 2. The smallest absolute Gasteiger partial charge is 0.226 e. The first kappa shape index (κ1) is 16.4. The molecule has 0 aliphatic heterocycles. The van der Waals surface area contributed by atoms with Crippen molar-refractivity contribution >= 4 is 28.5 Å². The van der Waals surface area contributed by atoms with E-state index in [0.717, 1.165) is 5.39 Å². The fourth-order valence-corrected chi connectivity index (χ4v) is 2.54. The summed E-state index contributed by atoms with van der Waals surface area (Å²) in [5.74, 6) is -0.965. The summed E-state index contributed by atoms with van der Waals surface area (Å²) in [5.41, 5.74) is 1.53. The molecular formula is C17H14ClFN2O3. The summed E-state index contributed by atoms with van der Waals surface area (Å²) in [6.45, 7) is -0.369. The first-order valence-electron chi connectivity index (χ1n) is 7.27. The number of carbonyl (C=O) groups excluding carboxylic acids is 1. The SMILES string of the molecule is O=C(Cc1noc2ccccc12)NC(CO)c1ccc(Cl)c(F)c1. The molecule has 2 N–H and O–H groups in total. The zero-order valence-corrected chi connectivity index (χ0v) is 13.3. The van der Waals surface area contributed by atoms with Gasteiger partial charge in [-0.15, -0.1) is 0 Å². The quantitative estimate of drug-likeness (QED) is 0.743. The van der Waals surface area contributed by atoms with Crippen molar-refractivity contribution in [3.05, 3.63) is 64.6 Å². The van der Waals surface area contributed by atoms with Gasteiger partial charge in [-0.1, -0.05) is 35.0 Å². The van der Waals surface area contributed by atoms with Gasteiger partial charge in [-0.05, 0) is 29.8 Å². The highest BCUT2D eigenvalue weighted by atomic mass is 35.5. The Morgan fingerprint density at radius 3 is 2.88 bits per heavy atom. The molecule has 3 aromatic rings. The number of para-hydroxylation sites is 1. The van der Waals surface area contributed by atoms with Crippen LogP contribution in [0.1, 0.15) is 17.3 Å². The average Bonchev–Trinajstić information content (AvgIpc) is 2.98. The maximum atomic E-state index is 13.5. The van der Waals surface area contributed by atoms with Gasteiger partial charge in [0.2, 0.25) is 5.91 Å². The van der Waals surface area contributed by atoms with E-state index >= 15 is 0 Å². The van der Waals surface area contributed by atoms with Crippen LogP contribution in [0.5, 0.6) is 0 Å². The molecule has 2 aromatic carbocycles. The molecule has 1 unspecified atom stereocenters. The third-order valence-electron chi connectivity index (χ3n) is 3.64. The van der Waals surface area contributed by atoms with E-state index < -0.39 is 11.9 Å². The Labute approximate surface area is 142 Å². The van der Waals surface area contributed by atoms with Crippen LogP contribution in [0.25, 0.3) is 11.0 Å². The Hall–Kier alpha value is -2.44. The normalized spacial score (nSPS) is 12.3. The maximum absolute atomic E-state index is 13.5. The van der Waals surface area contributed by atoms with Crippen LogP contribution >= 0.6 is 11.6 Å². The number of aromatic nitrogens is 1. The minimum atomic E-state index is -0.734. The molecule has 5 nitrogen and oxygen atoms in total. The van der Waals surface area contributed by atoms with E-state index in [-0.39, 0.29) is 24.0 Å². The minimum Gasteiger partial charge on any atom is -0.394 e. The van der Waals surface area contributed by atoms with Crippen LogP contribution in [0, 0.1) is 5.82 Å². The van der Waals surface area contributed by atoms with Gasteiger partial charge >= 0.3 is 0 Å². The van der Waals surface area contributed by atoms with Crippen molar-refractivity contribution in [2.24, 2.45) is 0 Å². The number of fused-ring (bicyclic) bond motifs is 1. The highest BCUT2D eigenvalue weighted by molar-refractivity contribution is 6.30. The summed E-state index contributed by atoms with van der Waals surface area (Å²) in [7, 11) is 0. The van der Waals surface area contributed by atoms with Crippen molar-refractivity contribution in [3.8, 4) is 0 Å². The number of amides is 1. The third kappa shape index (κ3) is 3.39. The summed E-state index contributed by atoms with van der Waals surface area (Å²) < 4.78 is 18.7. The number of nitrogens with zero attached hydrogens (tertiary/aromatic N) is 1. The lowest BCUT2D eigenvalue weighted by atomic mass is 10.1. The van der Waals surface area contributed by atoms with E-state index in [1.165, 1.54) is 12.1 Å². The highest BCUT2D eigenvalue weighted by Crippen LogP contribution is 2.21. The zero-order chi connectivity index (χ0) is 17.1. The van der Waals surface area contributed by atoms with Crippen LogP contribution in [-0.2, 0) is 11.2 Å². The molecule has 1 amide bonds. The van der Waals surface area contributed by atoms with Crippen LogP contribution in [0.15, 0.2) is 47.0 Å². The highest BCUT2D eigenvalue weighted by Gasteiger charge is 2.18. The first-order valence-corrected chi connectivity index (χ1v) is 7.64. The Kier molecular flexibility index (Phi) is 4.78. The Balaban J connectivity index is 1.73. The van der Waals surface area contributed by atoms with Gasteiger partial charge in [0.15, 0.2) is 5.58 Å². The summed E-state index contributed by atoms with van der Waals surface area (Å²) in [4.78, 5) is 12.2. The molecule has 1 heterocycles. The number of hydrogen-bond acceptors (Lipinski definition) is 4. The molecule has 7 heteroatoms. The number of aliphatic hydroxyl groups is 1. The van der Waals surface area contributed by atoms with Crippen LogP contribution in [0.4, 0.5) is 4.39 Å². The summed E-state index contributed by atoms with van der Waals surface area (Å²) in [6, 6.07) is 10.6. The van der Waals surface area contributed by atoms with E-state index in [1.807, 2.05) is 18.2 Å². The molecule has 0 radical (unpaired) electrons. The molecule has 0 saturated heterocycles. The number of benzene rings is 2. The third-order valence-corrected chi connectivity index (χ3v) is 3.95. The predicted molar refractivity (Wildman–Crippen MR) is 87.1 cm³/mol. The van der Waals surface area contributed by atoms with Gasteiger partial charge in [-0.25, -0.2) is 4.39 Å². The van der Waals surface area contributed by atoms with Crippen LogP contribution in [-0.4, -0.2) is 22.8 Å². The molecule has 1 atom stereocenters. The molecule has 124 valence electrons. The summed E-state index contributed by atoms with van der Waals surface area (Å²) >= 11 is 5.64. The van der Waals surface area contributed by atoms with Crippen LogP contribution in [0.3, 0.4) is 0 Å². The zero-order valence-electron chi connectivity index (χ0n) is 12.5. The molecule has 0 fully saturated rings. The van der Waals surface area contributed by atoms with E-state index in [0.29, 0.717) is 16.8 Å². The molecule has 0 aliphatic carbocycles. The van der Waals surface area contributed by atoms with Crippen molar-refractivity contribution in [2.75, 3.05) is 6.61 Å². The van der Waals surface area contributed by atoms with Crippen molar-refractivity contribution in [1.29, 1.82) is 0 Å². The molecular weight excluding hydrogens is 335 g/mol. The molecule has 0 spiro atoms. The molecule has 0 aliphatic rings. The number of nitrogens with one attached hydrogen (secondary N) is 1. The Morgan fingerprint density at radius 2 is 2.12 bits per heavy atom. The fourth-order valence-electron chi connectivity index (χ4n) is 2.43. The van der Waals surface area contributed by atoms with Gasteiger partial charge in [0.05, 0.1) is 24.1 Å². The van der Waals surface area contributed by atoms with Crippen LogP contribution < -0.4 is 5.32 Å². The lowest BCUT2D eigenvalue weighted by Crippen LogP contribution is -2.32. The largest absolute Gasteiger partial charge is 0.394 e. The lowest BCUT2D eigenvalue weighted by Gasteiger charge is -2.16. The van der Waals surface area contributed by atoms with Crippen molar-refractivity contribution in [1.82, 2.24) is 10.5 Å². The molecule has 0 bridgehead atoms. The molecule has 24 heavy (non-hydrogen) atoms.